The Hall–Kier alpha value is -1.68. The molecule has 4 heteroatoms. The number of carbonyl (C=O) groups excluding carboxylic acids is 2. The van der Waals surface area contributed by atoms with Crippen molar-refractivity contribution >= 4 is 11.8 Å². The highest BCUT2D eigenvalue weighted by molar-refractivity contribution is 6.09. The van der Waals surface area contributed by atoms with E-state index in [-0.39, 0.29) is 11.7 Å². The summed E-state index contributed by atoms with van der Waals surface area (Å²) in [7, 11) is 0. The number of aliphatic hydroxyl groups excluding tert-OH is 1. The fourth-order valence-electron chi connectivity index (χ4n) is 3.54. The van der Waals surface area contributed by atoms with Crippen molar-refractivity contribution in [1.82, 2.24) is 0 Å². The molecule has 0 radical (unpaired) electrons. The predicted molar refractivity (Wildman–Crippen MR) is 68.1 cm³/mol. The molecular formula is C15H16O4. The molecule has 0 bridgehead atoms. The predicted octanol–water partition coefficient (Wildman–Crippen LogP) is 1.31. The molecule has 0 amide bonds. The zero-order valence-corrected chi connectivity index (χ0v) is 11.0. The first-order chi connectivity index (χ1) is 8.91. The van der Waals surface area contributed by atoms with Gasteiger partial charge in [-0.05, 0) is 26.3 Å². The minimum Gasteiger partial charge on any atom is -0.457 e. The van der Waals surface area contributed by atoms with Crippen LogP contribution in [0.4, 0.5) is 0 Å². The van der Waals surface area contributed by atoms with Crippen molar-refractivity contribution in [2.24, 2.45) is 11.8 Å². The van der Waals surface area contributed by atoms with Crippen molar-refractivity contribution in [2.75, 3.05) is 0 Å². The molecule has 1 fully saturated rings. The quantitative estimate of drug-likeness (QED) is 0.527. The minimum atomic E-state index is -0.720. The molecule has 0 aromatic carbocycles. The van der Waals surface area contributed by atoms with Crippen LogP contribution in [0.1, 0.15) is 20.3 Å². The van der Waals surface area contributed by atoms with Crippen molar-refractivity contribution in [1.29, 1.82) is 0 Å². The second-order valence-corrected chi connectivity index (χ2v) is 5.62. The number of carbonyl (C=O) groups is 2. The molecular weight excluding hydrogens is 244 g/mol. The molecule has 3 aliphatic rings. The Morgan fingerprint density at radius 2 is 2.05 bits per heavy atom. The number of rotatable bonds is 0. The Morgan fingerprint density at radius 1 is 1.37 bits per heavy atom. The maximum atomic E-state index is 12.1. The lowest BCUT2D eigenvalue weighted by Crippen LogP contribution is -2.33. The molecule has 3 rings (SSSR count). The van der Waals surface area contributed by atoms with Gasteiger partial charge in [-0.1, -0.05) is 17.7 Å². The monoisotopic (exact) mass is 260 g/mol. The van der Waals surface area contributed by atoms with E-state index in [0.29, 0.717) is 17.6 Å². The van der Waals surface area contributed by atoms with E-state index in [1.54, 1.807) is 6.08 Å². The molecule has 0 saturated carbocycles. The van der Waals surface area contributed by atoms with Crippen molar-refractivity contribution in [3.63, 3.8) is 0 Å². The Labute approximate surface area is 111 Å². The number of allylic oxidation sites excluding steroid dienone is 1. The molecule has 1 unspecified atom stereocenters. The number of esters is 1. The van der Waals surface area contributed by atoms with E-state index in [0.717, 1.165) is 11.1 Å². The summed E-state index contributed by atoms with van der Waals surface area (Å²) in [5.41, 5.74) is 2.78. The highest BCUT2D eigenvalue weighted by Gasteiger charge is 2.52. The largest absolute Gasteiger partial charge is 0.457 e. The van der Waals surface area contributed by atoms with Crippen LogP contribution < -0.4 is 0 Å². The van der Waals surface area contributed by atoms with Gasteiger partial charge >= 0.3 is 5.97 Å². The van der Waals surface area contributed by atoms with Crippen LogP contribution in [-0.2, 0) is 14.3 Å². The van der Waals surface area contributed by atoms with Gasteiger partial charge in [0.15, 0.2) is 5.78 Å². The summed E-state index contributed by atoms with van der Waals surface area (Å²) in [4.78, 5) is 23.8. The molecule has 19 heavy (non-hydrogen) atoms. The van der Waals surface area contributed by atoms with E-state index in [1.165, 1.54) is 0 Å². The molecule has 1 heterocycles. The van der Waals surface area contributed by atoms with Crippen molar-refractivity contribution < 1.29 is 19.4 Å². The molecule has 0 aromatic heterocycles. The summed E-state index contributed by atoms with van der Waals surface area (Å²) >= 11 is 0. The first-order valence-corrected chi connectivity index (χ1v) is 6.42. The van der Waals surface area contributed by atoms with Gasteiger partial charge in [0, 0.05) is 17.1 Å². The Kier molecular flexibility index (Phi) is 2.54. The van der Waals surface area contributed by atoms with Gasteiger partial charge in [0.1, 0.15) is 6.10 Å². The fourth-order valence-corrected chi connectivity index (χ4v) is 3.54. The smallest absolute Gasteiger partial charge is 0.334 e. The highest BCUT2D eigenvalue weighted by Crippen LogP contribution is 2.47. The number of ether oxygens (including phenoxy) is 1. The van der Waals surface area contributed by atoms with E-state index in [2.05, 4.69) is 6.58 Å². The molecule has 0 spiro atoms. The van der Waals surface area contributed by atoms with Gasteiger partial charge in [0.2, 0.25) is 0 Å². The van der Waals surface area contributed by atoms with Crippen molar-refractivity contribution in [3.05, 3.63) is 34.9 Å². The van der Waals surface area contributed by atoms with Gasteiger partial charge in [-0.2, -0.15) is 0 Å². The third kappa shape index (κ3) is 1.56. The minimum absolute atomic E-state index is 0.0265. The summed E-state index contributed by atoms with van der Waals surface area (Å²) in [5, 5.41) is 10.3. The number of hydrogen-bond acceptors (Lipinski definition) is 4. The number of hydrogen-bond donors (Lipinski definition) is 1. The van der Waals surface area contributed by atoms with Crippen LogP contribution >= 0.6 is 0 Å². The third-order valence-electron chi connectivity index (χ3n) is 4.41. The topological polar surface area (TPSA) is 63.6 Å². The Morgan fingerprint density at radius 3 is 2.74 bits per heavy atom. The molecule has 1 N–H and O–H groups in total. The SMILES string of the molecule is C=C1C(=O)O[C@H]2C1[C@@H](O)CC(C)=C1C(=O)C=C(C)[C@@H]12. The van der Waals surface area contributed by atoms with Crippen LogP contribution in [0, 0.1) is 11.8 Å². The summed E-state index contributed by atoms with van der Waals surface area (Å²) in [6, 6.07) is 0. The van der Waals surface area contributed by atoms with Gasteiger partial charge in [0.05, 0.1) is 12.0 Å². The van der Waals surface area contributed by atoms with Crippen LogP contribution in [0.25, 0.3) is 0 Å². The number of ketones is 1. The summed E-state index contributed by atoms with van der Waals surface area (Å²) in [6.07, 6.45) is 0.774. The summed E-state index contributed by atoms with van der Waals surface area (Å²) in [5.74, 6) is -1.13. The molecule has 1 aliphatic heterocycles. The van der Waals surface area contributed by atoms with Gasteiger partial charge < -0.3 is 9.84 Å². The first kappa shape index (κ1) is 12.4. The summed E-state index contributed by atoms with van der Waals surface area (Å²) < 4.78 is 5.38. The maximum absolute atomic E-state index is 12.1. The molecule has 4 atom stereocenters. The Balaban J connectivity index is 2.14. The number of aliphatic hydroxyl groups is 1. The molecule has 100 valence electrons. The van der Waals surface area contributed by atoms with Gasteiger partial charge in [-0.25, -0.2) is 4.79 Å². The maximum Gasteiger partial charge on any atom is 0.334 e. The third-order valence-corrected chi connectivity index (χ3v) is 4.41. The van der Waals surface area contributed by atoms with E-state index in [4.69, 9.17) is 4.74 Å². The lowest BCUT2D eigenvalue weighted by Gasteiger charge is -2.25. The van der Waals surface area contributed by atoms with Crippen LogP contribution in [-0.4, -0.2) is 29.1 Å². The van der Waals surface area contributed by atoms with Crippen molar-refractivity contribution in [2.45, 2.75) is 32.5 Å². The molecule has 2 aliphatic carbocycles. The highest BCUT2D eigenvalue weighted by atomic mass is 16.6. The van der Waals surface area contributed by atoms with Crippen molar-refractivity contribution in [3.8, 4) is 0 Å². The lowest BCUT2D eigenvalue weighted by molar-refractivity contribution is -0.140. The van der Waals surface area contributed by atoms with Crippen LogP contribution in [0.3, 0.4) is 0 Å². The van der Waals surface area contributed by atoms with E-state index in [1.807, 2.05) is 13.8 Å². The van der Waals surface area contributed by atoms with Gasteiger partial charge in [-0.15, -0.1) is 0 Å². The molecule has 0 aromatic rings. The van der Waals surface area contributed by atoms with Crippen LogP contribution in [0.15, 0.2) is 34.9 Å². The van der Waals surface area contributed by atoms with E-state index < -0.39 is 24.1 Å². The molecule has 1 saturated heterocycles. The van der Waals surface area contributed by atoms with Gasteiger partial charge in [-0.3, -0.25) is 4.79 Å². The van der Waals surface area contributed by atoms with Gasteiger partial charge in [0.25, 0.3) is 0 Å². The molecule has 4 nitrogen and oxygen atoms in total. The fraction of sp³-hybridized carbons (Fsp3) is 0.467. The normalized spacial score (nSPS) is 37.8. The zero-order valence-electron chi connectivity index (χ0n) is 11.0. The lowest BCUT2D eigenvalue weighted by atomic mass is 9.82. The van der Waals surface area contributed by atoms with E-state index in [9.17, 15) is 14.7 Å². The second-order valence-electron chi connectivity index (χ2n) is 5.62. The zero-order chi connectivity index (χ0) is 13.9. The van der Waals surface area contributed by atoms with Crippen LogP contribution in [0.5, 0.6) is 0 Å². The second kappa shape index (κ2) is 3.90. The van der Waals surface area contributed by atoms with Crippen LogP contribution in [0.2, 0.25) is 0 Å². The van der Waals surface area contributed by atoms with E-state index >= 15 is 0 Å². The first-order valence-electron chi connectivity index (χ1n) is 6.42. The average molecular weight is 260 g/mol. The standard InChI is InChI=1S/C15H16O4/c1-6-4-10(17)13-8(3)15(18)19-14(13)12-7(2)5-9(16)11(6)12/h5,10,12-14,17H,3-4H2,1-2H3/t10-,12-,13?,14+/m0/s1. The number of fused-ring (bicyclic) bond motifs is 3. The average Bonchev–Trinajstić information content (AvgIpc) is 2.72. The Bertz CT molecular complexity index is 567. The summed E-state index contributed by atoms with van der Waals surface area (Å²) in [6.45, 7) is 7.47.